The summed E-state index contributed by atoms with van der Waals surface area (Å²) in [6.45, 7) is 2.12. The number of hydrogen-bond donors (Lipinski definition) is 0. The maximum absolute atomic E-state index is 12.1. The Bertz CT molecular complexity index is 494. The number of Topliss-reactive ketones (excluding diaryl/α,β-unsaturated/α-hetero) is 1. The fourth-order valence-corrected chi connectivity index (χ4v) is 3.84. The molecule has 0 bridgehead atoms. The topological polar surface area (TPSA) is 20.3 Å². The van der Waals surface area contributed by atoms with E-state index < -0.39 is 0 Å². The van der Waals surface area contributed by atoms with E-state index in [2.05, 4.69) is 41.3 Å². The first-order valence-corrected chi connectivity index (χ1v) is 8.33. The maximum Gasteiger partial charge on any atom is 0.137 e. The van der Waals surface area contributed by atoms with Gasteiger partial charge in [0.05, 0.1) is 0 Å². The van der Waals surface area contributed by atoms with Gasteiger partial charge in [0.1, 0.15) is 5.78 Å². The standard InChI is InChI=1S/C19H25NO/c21-19-13-6-11-17(19)18-12-4-5-14-20(18)15-7-10-16-8-2-1-3-9-16/h1-3,7-10,17-18H,4-6,11-15H2. The highest BCUT2D eigenvalue weighted by atomic mass is 16.1. The highest BCUT2D eigenvalue weighted by molar-refractivity contribution is 5.83. The lowest BCUT2D eigenvalue weighted by Gasteiger charge is -2.38. The van der Waals surface area contributed by atoms with Crippen molar-refractivity contribution >= 4 is 11.9 Å². The zero-order valence-electron chi connectivity index (χ0n) is 12.7. The molecule has 1 heterocycles. The Morgan fingerprint density at radius 2 is 1.95 bits per heavy atom. The van der Waals surface area contributed by atoms with E-state index in [1.807, 2.05) is 6.07 Å². The molecule has 2 nitrogen and oxygen atoms in total. The van der Waals surface area contributed by atoms with E-state index in [0.29, 0.717) is 17.7 Å². The average molecular weight is 283 g/mol. The smallest absolute Gasteiger partial charge is 0.137 e. The van der Waals surface area contributed by atoms with Gasteiger partial charge in [0.15, 0.2) is 0 Å². The number of benzene rings is 1. The van der Waals surface area contributed by atoms with Crippen LogP contribution in [0.3, 0.4) is 0 Å². The molecular weight excluding hydrogens is 258 g/mol. The van der Waals surface area contributed by atoms with Gasteiger partial charge in [-0.2, -0.15) is 0 Å². The molecule has 2 atom stereocenters. The number of carbonyl (C=O) groups is 1. The Morgan fingerprint density at radius 1 is 1.10 bits per heavy atom. The summed E-state index contributed by atoms with van der Waals surface area (Å²) in [7, 11) is 0. The molecule has 21 heavy (non-hydrogen) atoms. The first-order chi connectivity index (χ1) is 10.3. The fraction of sp³-hybridized carbons (Fsp3) is 0.526. The van der Waals surface area contributed by atoms with Crippen molar-refractivity contribution in [3.05, 3.63) is 42.0 Å². The van der Waals surface area contributed by atoms with E-state index in [-0.39, 0.29) is 0 Å². The van der Waals surface area contributed by atoms with E-state index in [1.165, 1.54) is 24.8 Å². The minimum Gasteiger partial charge on any atom is -0.299 e. The molecule has 1 aromatic carbocycles. The second-order valence-corrected chi connectivity index (χ2v) is 6.34. The molecular formula is C19H25NO. The Morgan fingerprint density at radius 3 is 2.71 bits per heavy atom. The number of piperidine rings is 1. The van der Waals surface area contributed by atoms with Gasteiger partial charge < -0.3 is 0 Å². The van der Waals surface area contributed by atoms with Gasteiger partial charge in [-0.1, -0.05) is 48.9 Å². The van der Waals surface area contributed by atoms with E-state index in [9.17, 15) is 4.79 Å². The number of ketones is 1. The zero-order valence-corrected chi connectivity index (χ0v) is 12.7. The molecule has 3 rings (SSSR count). The van der Waals surface area contributed by atoms with Crippen molar-refractivity contribution in [2.24, 2.45) is 5.92 Å². The molecule has 1 aromatic rings. The van der Waals surface area contributed by atoms with Gasteiger partial charge >= 0.3 is 0 Å². The van der Waals surface area contributed by atoms with Crippen molar-refractivity contribution < 1.29 is 4.79 Å². The highest BCUT2D eigenvalue weighted by Crippen LogP contribution is 2.32. The molecule has 112 valence electrons. The SMILES string of the molecule is O=C1CCCC1C1CCCCN1CC=Cc1ccccc1. The summed E-state index contributed by atoms with van der Waals surface area (Å²) < 4.78 is 0. The molecule has 0 aromatic heterocycles. The molecule has 1 aliphatic carbocycles. The quantitative estimate of drug-likeness (QED) is 0.834. The summed E-state index contributed by atoms with van der Waals surface area (Å²) in [5, 5.41) is 0. The van der Waals surface area contributed by atoms with Crippen LogP contribution in [0.15, 0.2) is 36.4 Å². The van der Waals surface area contributed by atoms with Gasteiger partial charge in [-0.3, -0.25) is 9.69 Å². The summed E-state index contributed by atoms with van der Waals surface area (Å²) in [6, 6.07) is 10.9. The largest absolute Gasteiger partial charge is 0.299 e. The number of nitrogens with zero attached hydrogens (tertiary/aromatic N) is 1. The van der Waals surface area contributed by atoms with Gasteiger partial charge in [0.2, 0.25) is 0 Å². The van der Waals surface area contributed by atoms with E-state index in [4.69, 9.17) is 0 Å². The lowest BCUT2D eigenvalue weighted by Crippen LogP contribution is -2.45. The molecule has 1 aliphatic heterocycles. The Balaban J connectivity index is 1.62. The lowest BCUT2D eigenvalue weighted by atomic mass is 9.88. The van der Waals surface area contributed by atoms with E-state index >= 15 is 0 Å². The molecule has 0 radical (unpaired) electrons. The third-order valence-electron chi connectivity index (χ3n) is 4.93. The van der Waals surface area contributed by atoms with Crippen LogP contribution in [-0.2, 0) is 4.79 Å². The van der Waals surface area contributed by atoms with Crippen molar-refractivity contribution in [3.63, 3.8) is 0 Å². The first kappa shape index (κ1) is 14.5. The van der Waals surface area contributed by atoms with Crippen molar-refractivity contribution in [2.75, 3.05) is 13.1 Å². The number of likely N-dealkylation sites (tertiary alicyclic amines) is 1. The maximum atomic E-state index is 12.1. The number of rotatable bonds is 4. The third kappa shape index (κ3) is 3.62. The van der Waals surface area contributed by atoms with Gasteiger partial charge in [0.25, 0.3) is 0 Å². The number of hydrogen-bond acceptors (Lipinski definition) is 2. The highest BCUT2D eigenvalue weighted by Gasteiger charge is 2.36. The fourth-order valence-electron chi connectivity index (χ4n) is 3.84. The van der Waals surface area contributed by atoms with Crippen LogP contribution in [0.25, 0.3) is 6.08 Å². The van der Waals surface area contributed by atoms with Crippen LogP contribution in [0.2, 0.25) is 0 Å². The lowest BCUT2D eigenvalue weighted by molar-refractivity contribution is -0.123. The molecule has 2 unspecified atom stereocenters. The monoisotopic (exact) mass is 283 g/mol. The van der Waals surface area contributed by atoms with Crippen LogP contribution >= 0.6 is 0 Å². The predicted octanol–water partition coefficient (Wildman–Crippen LogP) is 3.92. The summed E-state index contributed by atoms with van der Waals surface area (Å²) in [4.78, 5) is 14.6. The predicted molar refractivity (Wildman–Crippen MR) is 87.0 cm³/mol. The zero-order chi connectivity index (χ0) is 14.5. The molecule has 2 heteroatoms. The molecule has 1 saturated heterocycles. The summed E-state index contributed by atoms with van der Waals surface area (Å²) in [6.07, 6.45) is 11.2. The van der Waals surface area contributed by atoms with Gasteiger partial charge in [0, 0.05) is 24.9 Å². The minimum atomic E-state index is 0.315. The second kappa shape index (κ2) is 7.04. The summed E-state index contributed by atoms with van der Waals surface area (Å²) in [5.74, 6) is 0.828. The van der Waals surface area contributed by atoms with Crippen LogP contribution in [0, 0.1) is 5.92 Å². The van der Waals surface area contributed by atoms with Gasteiger partial charge in [-0.05, 0) is 37.8 Å². The third-order valence-corrected chi connectivity index (χ3v) is 4.93. The van der Waals surface area contributed by atoms with Crippen molar-refractivity contribution in [1.82, 2.24) is 4.90 Å². The second-order valence-electron chi connectivity index (χ2n) is 6.34. The summed E-state index contributed by atoms with van der Waals surface area (Å²) in [5.41, 5.74) is 1.25. The molecule has 1 saturated carbocycles. The molecule has 2 aliphatic rings. The Hall–Kier alpha value is -1.41. The molecule has 0 N–H and O–H groups in total. The molecule has 0 spiro atoms. The van der Waals surface area contributed by atoms with Gasteiger partial charge in [-0.25, -0.2) is 0 Å². The van der Waals surface area contributed by atoms with Crippen LogP contribution in [-0.4, -0.2) is 29.8 Å². The Kier molecular flexibility index (Phi) is 4.87. The molecule has 0 amide bonds. The van der Waals surface area contributed by atoms with E-state index in [1.54, 1.807) is 0 Å². The normalized spacial score (nSPS) is 27.5. The minimum absolute atomic E-state index is 0.315. The van der Waals surface area contributed by atoms with Crippen LogP contribution in [0.5, 0.6) is 0 Å². The van der Waals surface area contributed by atoms with Crippen molar-refractivity contribution in [2.45, 2.75) is 44.6 Å². The first-order valence-electron chi connectivity index (χ1n) is 8.33. The molecule has 2 fully saturated rings. The van der Waals surface area contributed by atoms with Crippen molar-refractivity contribution in [3.8, 4) is 0 Å². The Labute approximate surface area is 127 Å². The van der Waals surface area contributed by atoms with Crippen molar-refractivity contribution in [1.29, 1.82) is 0 Å². The van der Waals surface area contributed by atoms with E-state index in [0.717, 1.165) is 32.4 Å². The van der Waals surface area contributed by atoms with Crippen LogP contribution < -0.4 is 0 Å². The average Bonchev–Trinajstić information content (AvgIpc) is 2.95. The van der Waals surface area contributed by atoms with Crippen LogP contribution in [0.1, 0.15) is 44.1 Å². The summed E-state index contributed by atoms with van der Waals surface area (Å²) >= 11 is 0. The number of carbonyl (C=O) groups excluding carboxylic acids is 1. The van der Waals surface area contributed by atoms with Crippen LogP contribution in [0.4, 0.5) is 0 Å². The van der Waals surface area contributed by atoms with Gasteiger partial charge in [-0.15, -0.1) is 0 Å².